The highest BCUT2D eigenvalue weighted by Crippen LogP contribution is 2.36. The monoisotopic (exact) mass is 551 g/mol. The van der Waals surface area contributed by atoms with E-state index in [-0.39, 0.29) is 0 Å². The molecule has 11 heteroatoms. The van der Waals surface area contributed by atoms with E-state index in [2.05, 4.69) is 10.2 Å². The lowest BCUT2D eigenvalue weighted by molar-refractivity contribution is -0.144. The van der Waals surface area contributed by atoms with Gasteiger partial charge in [-0.2, -0.15) is 13.2 Å². The van der Waals surface area contributed by atoms with E-state index < -0.39 is 23.8 Å². The van der Waals surface area contributed by atoms with E-state index in [1.54, 1.807) is 17.8 Å². The Morgan fingerprint density at radius 1 is 1.22 bits per heavy atom. The average Bonchev–Trinajstić information content (AvgIpc) is 3.26. The van der Waals surface area contributed by atoms with Gasteiger partial charge in [-0.15, -0.1) is 23.1 Å². The number of thiazole rings is 1. The number of hydrogen-bond donors (Lipinski definition) is 2. The second-order valence-electron chi connectivity index (χ2n) is 8.80. The van der Waals surface area contributed by atoms with Crippen LogP contribution in [0.2, 0.25) is 0 Å². The zero-order valence-electron chi connectivity index (χ0n) is 20.5. The van der Waals surface area contributed by atoms with Crippen molar-refractivity contribution >= 4 is 29.1 Å². The highest BCUT2D eigenvalue weighted by Gasteiger charge is 2.30. The average molecular weight is 552 g/mol. The maximum absolute atomic E-state index is 13.0. The number of carbonyl (C=O) groups is 1. The van der Waals surface area contributed by atoms with Crippen LogP contribution in [0.25, 0.3) is 10.6 Å². The summed E-state index contributed by atoms with van der Waals surface area (Å²) in [5, 5.41) is 13.1. The molecule has 4 rings (SSSR count). The largest absolute Gasteiger partial charge is 0.479 e. The summed E-state index contributed by atoms with van der Waals surface area (Å²) >= 11 is 3.14. The number of aromatic nitrogens is 1. The predicted molar refractivity (Wildman–Crippen MR) is 139 cm³/mol. The number of aryl methyl sites for hydroxylation is 1. The molecule has 3 aromatic rings. The minimum Gasteiger partial charge on any atom is -0.479 e. The first-order chi connectivity index (χ1) is 17.6. The van der Waals surface area contributed by atoms with Gasteiger partial charge < -0.3 is 15.2 Å². The number of aliphatic carboxylic acids is 1. The van der Waals surface area contributed by atoms with Crippen LogP contribution >= 0.6 is 23.1 Å². The van der Waals surface area contributed by atoms with Crippen LogP contribution in [0.15, 0.2) is 47.4 Å². The number of benzene rings is 2. The van der Waals surface area contributed by atoms with Gasteiger partial charge in [-0.25, -0.2) is 9.78 Å². The first-order valence-corrected chi connectivity index (χ1v) is 13.6. The van der Waals surface area contributed by atoms with Crippen LogP contribution in [-0.2, 0) is 23.3 Å². The number of ether oxygens (including phenoxy) is 1. The Morgan fingerprint density at radius 2 is 1.92 bits per heavy atom. The number of halogens is 3. The van der Waals surface area contributed by atoms with Crippen molar-refractivity contribution in [1.82, 2.24) is 15.2 Å². The van der Waals surface area contributed by atoms with E-state index in [0.717, 1.165) is 59.3 Å². The van der Waals surface area contributed by atoms with Crippen LogP contribution in [0.5, 0.6) is 5.75 Å². The molecule has 1 fully saturated rings. The van der Waals surface area contributed by atoms with Crippen molar-refractivity contribution in [2.45, 2.75) is 43.3 Å². The lowest BCUT2D eigenvalue weighted by Gasteiger charge is -2.26. The van der Waals surface area contributed by atoms with Crippen LogP contribution in [0, 0.1) is 6.92 Å². The highest BCUT2D eigenvalue weighted by atomic mass is 32.2. The van der Waals surface area contributed by atoms with Gasteiger partial charge in [0, 0.05) is 53.8 Å². The molecule has 1 unspecified atom stereocenters. The molecule has 1 saturated heterocycles. The smallest absolute Gasteiger partial charge is 0.416 e. The SMILES string of the molecule is Cc1cc(SCc2sc(-c3ccc(C(F)(F)F)cc3)nc2CN2CCNCC2)ccc1OC(C)C(=O)O. The van der Waals surface area contributed by atoms with Crippen molar-refractivity contribution in [2.75, 3.05) is 26.2 Å². The summed E-state index contributed by atoms with van der Waals surface area (Å²) in [7, 11) is 0. The van der Waals surface area contributed by atoms with Crippen LogP contribution in [0.3, 0.4) is 0 Å². The summed E-state index contributed by atoms with van der Waals surface area (Å²) in [6.07, 6.45) is -5.31. The van der Waals surface area contributed by atoms with Crippen LogP contribution in [-0.4, -0.2) is 53.2 Å². The second-order valence-corrected chi connectivity index (χ2v) is 10.9. The third kappa shape index (κ3) is 7.25. The van der Waals surface area contributed by atoms with E-state index in [4.69, 9.17) is 14.8 Å². The first-order valence-electron chi connectivity index (χ1n) is 11.8. The van der Waals surface area contributed by atoms with Gasteiger partial charge in [0.15, 0.2) is 6.10 Å². The molecule has 2 aromatic carbocycles. The quantitative estimate of drug-likeness (QED) is 0.331. The van der Waals surface area contributed by atoms with E-state index in [1.807, 2.05) is 19.1 Å². The zero-order valence-corrected chi connectivity index (χ0v) is 22.1. The molecule has 0 amide bonds. The van der Waals surface area contributed by atoms with Crippen molar-refractivity contribution in [2.24, 2.45) is 0 Å². The van der Waals surface area contributed by atoms with Crippen molar-refractivity contribution in [1.29, 1.82) is 0 Å². The Balaban J connectivity index is 1.53. The molecular weight excluding hydrogens is 523 g/mol. The third-order valence-corrected chi connectivity index (χ3v) is 8.34. The number of hydrogen-bond acceptors (Lipinski definition) is 7. The minimum absolute atomic E-state index is 0.529. The molecule has 0 radical (unpaired) electrons. The molecule has 2 heterocycles. The topological polar surface area (TPSA) is 74.7 Å². The summed E-state index contributed by atoms with van der Waals surface area (Å²) in [4.78, 5) is 20.4. The Morgan fingerprint density at radius 3 is 2.54 bits per heavy atom. The second kappa shape index (κ2) is 11.8. The highest BCUT2D eigenvalue weighted by molar-refractivity contribution is 7.98. The maximum atomic E-state index is 13.0. The number of rotatable bonds is 9. The molecule has 0 saturated carbocycles. The van der Waals surface area contributed by atoms with E-state index in [1.165, 1.54) is 30.4 Å². The zero-order chi connectivity index (χ0) is 26.6. The Labute approximate surface area is 221 Å². The summed E-state index contributed by atoms with van der Waals surface area (Å²) in [5.74, 6) is 0.162. The van der Waals surface area contributed by atoms with E-state index >= 15 is 0 Å². The summed E-state index contributed by atoms with van der Waals surface area (Å²) in [5.41, 5.74) is 1.78. The molecule has 37 heavy (non-hydrogen) atoms. The standard InChI is InChI=1S/C26H28F3N3O3S2/c1-16-13-20(7-8-22(16)35-17(2)25(33)34)36-15-23-21(14-32-11-9-30-10-12-32)31-24(37-23)18-3-5-19(6-4-18)26(27,28)29/h3-8,13,17,30H,9-12,14-15H2,1-2H3,(H,33,34). The van der Waals surface area contributed by atoms with Gasteiger partial charge in [0.1, 0.15) is 10.8 Å². The fraction of sp³-hybridized carbons (Fsp3) is 0.385. The molecule has 1 aliphatic heterocycles. The molecule has 0 aliphatic carbocycles. The lowest BCUT2D eigenvalue weighted by atomic mass is 10.1. The number of thioether (sulfide) groups is 1. The molecule has 1 atom stereocenters. The van der Waals surface area contributed by atoms with Gasteiger partial charge in [-0.3, -0.25) is 4.90 Å². The number of nitrogens with zero attached hydrogens (tertiary/aromatic N) is 2. The fourth-order valence-electron chi connectivity index (χ4n) is 3.86. The van der Waals surface area contributed by atoms with E-state index in [0.29, 0.717) is 28.6 Å². The van der Waals surface area contributed by atoms with E-state index in [9.17, 15) is 18.0 Å². The predicted octanol–water partition coefficient (Wildman–Crippen LogP) is 5.69. The Bertz CT molecular complexity index is 1230. The molecule has 0 bridgehead atoms. The molecular formula is C26H28F3N3O3S2. The number of piperazine rings is 1. The fourth-order valence-corrected chi connectivity index (χ4v) is 6.03. The molecule has 198 valence electrons. The maximum Gasteiger partial charge on any atom is 0.416 e. The first kappa shape index (κ1) is 27.4. The lowest BCUT2D eigenvalue weighted by Crippen LogP contribution is -2.43. The number of carboxylic acids is 1. The van der Waals surface area contributed by atoms with Crippen molar-refractivity contribution in [3.63, 3.8) is 0 Å². The van der Waals surface area contributed by atoms with Gasteiger partial charge in [0.05, 0.1) is 11.3 Å². The number of carboxylic acid groups (broad SMARTS) is 1. The third-order valence-electron chi connectivity index (χ3n) is 5.99. The van der Waals surface area contributed by atoms with Crippen molar-refractivity contribution < 1.29 is 27.8 Å². The Kier molecular flexibility index (Phi) is 8.79. The number of nitrogens with one attached hydrogen (secondary N) is 1. The summed E-state index contributed by atoms with van der Waals surface area (Å²) < 4.78 is 44.5. The Hall–Kier alpha value is -2.60. The van der Waals surface area contributed by atoms with Gasteiger partial charge >= 0.3 is 12.1 Å². The van der Waals surface area contributed by atoms with Crippen molar-refractivity contribution in [3.05, 3.63) is 64.2 Å². The molecule has 2 N–H and O–H groups in total. The normalized spacial score (nSPS) is 15.5. The molecule has 1 aromatic heterocycles. The summed E-state index contributed by atoms with van der Waals surface area (Å²) in [6, 6.07) is 10.8. The van der Waals surface area contributed by atoms with Crippen LogP contribution in [0.1, 0.15) is 28.6 Å². The summed E-state index contributed by atoms with van der Waals surface area (Å²) in [6.45, 7) is 7.70. The van der Waals surface area contributed by atoms with Crippen molar-refractivity contribution in [3.8, 4) is 16.3 Å². The molecule has 6 nitrogen and oxygen atoms in total. The van der Waals surface area contributed by atoms with Gasteiger partial charge in [-0.05, 0) is 49.7 Å². The van der Waals surface area contributed by atoms with Gasteiger partial charge in [-0.1, -0.05) is 12.1 Å². The minimum atomic E-state index is -4.37. The molecule has 1 aliphatic rings. The van der Waals surface area contributed by atoms with Crippen LogP contribution < -0.4 is 10.1 Å². The molecule has 0 spiro atoms. The van der Waals surface area contributed by atoms with Gasteiger partial charge in [0.2, 0.25) is 0 Å². The van der Waals surface area contributed by atoms with Gasteiger partial charge in [0.25, 0.3) is 0 Å². The van der Waals surface area contributed by atoms with Crippen LogP contribution in [0.4, 0.5) is 13.2 Å². The number of alkyl halides is 3.